The number of hydrogen-bond acceptors (Lipinski definition) is 5. The number of halogens is 2. The summed E-state index contributed by atoms with van der Waals surface area (Å²) in [7, 11) is 0. The predicted molar refractivity (Wildman–Crippen MR) is 229 cm³/mol. The molecule has 0 spiro atoms. The second-order valence-corrected chi connectivity index (χ2v) is 15.4. The zero-order valence-corrected chi connectivity index (χ0v) is 33.7. The monoisotopic (exact) mass is 793 g/mol. The number of likely N-dealkylation sites (tertiary alicyclic amines) is 1. The van der Waals surface area contributed by atoms with Gasteiger partial charge in [-0.25, -0.2) is 18.7 Å². The molecule has 2 N–H and O–H groups in total. The second-order valence-electron chi connectivity index (χ2n) is 15.4. The second kappa shape index (κ2) is 17.0. The van der Waals surface area contributed by atoms with Crippen molar-refractivity contribution in [3.05, 3.63) is 144 Å². The van der Waals surface area contributed by atoms with Gasteiger partial charge < -0.3 is 19.8 Å². The number of rotatable bonds is 14. The van der Waals surface area contributed by atoms with E-state index in [4.69, 9.17) is 4.98 Å². The fraction of sp³-hybridized carbons (Fsp3) is 0.292. The molecular formula is C48H49F2N7O2. The summed E-state index contributed by atoms with van der Waals surface area (Å²) < 4.78 is 30.5. The fourth-order valence-corrected chi connectivity index (χ4v) is 8.40. The Hall–Kier alpha value is -6.20. The lowest BCUT2D eigenvalue weighted by molar-refractivity contribution is -0.139. The van der Waals surface area contributed by atoms with Gasteiger partial charge in [-0.2, -0.15) is 0 Å². The first kappa shape index (κ1) is 39.6. The lowest BCUT2D eigenvalue weighted by atomic mass is 9.99. The molecule has 0 radical (unpaired) electrons. The summed E-state index contributed by atoms with van der Waals surface area (Å²) in [6.07, 6.45) is 2.52. The van der Waals surface area contributed by atoms with Crippen molar-refractivity contribution in [2.24, 2.45) is 0 Å². The van der Waals surface area contributed by atoms with Crippen LogP contribution >= 0.6 is 0 Å². The number of carbonyl (C=O) groups excluding carboxylic acids is 2. The largest absolute Gasteiger partial charge is 0.341 e. The standard InChI is InChI=1S/C48H49F2N7O2/c1-4-25-56(43(58)26-32-13-9-7-10-14-32)30-42-51-29-40(52-42)34-19-17-33(18-20-34)36-21-23-38-37(27-36)22-24-39-44(38)54-46(53-39)41-28-48(49,50)31-57(41)47(59)45(55(5-2)6-3)35-15-11-8-12-16-35/h7-24,27,29,41,45H,4-6,25-26,28,30-31H2,1-3H3,(H,51,52)(H,53,54)/t41-,45+/m0/s1. The van der Waals surface area contributed by atoms with Crippen molar-refractivity contribution in [2.75, 3.05) is 26.2 Å². The molecule has 8 rings (SSSR count). The van der Waals surface area contributed by atoms with Crippen molar-refractivity contribution in [2.45, 2.75) is 64.6 Å². The Morgan fingerprint density at radius 1 is 0.847 bits per heavy atom. The third-order valence-electron chi connectivity index (χ3n) is 11.4. The summed E-state index contributed by atoms with van der Waals surface area (Å²) in [5.74, 6) is -2.22. The molecule has 302 valence electrons. The number of aromatic amines is 2. The highest BCUT2D eigenvalue weighted by Gasteiger charge is 2.50. The number of aromatic nitrogens is 4. The van der Waals surface area contributed by atoms with Crippen LogP contribution in [0.4, 0.5) is 8.78 Å². The van der Waals surface area contributed by atoms with E-state index < -0.39 is 31.0 Å². The van der Waals surface area contributed by atoms with Gasteiger partial charge in [0.1, 0.15) is 17.7 Å². The van der Waals surface area contributed by atoms with Gasteiger partial charge >= 0.3 is 0 Å². The number of nitrogens with zero attached hydrogens (tertiary/aromatic N) is 5. The van der Waals surface area contributed by atoms with Crippen molar-refractivity contribution in [3.8, 4) is 22.4 Å². The quantitative estimate of drug-likeness (QED) is 0.114. The average Bonchev–Trinajstić information content (AvgIpc) is 4.00. The maximum atomic E-state index is 15.3. The third kappa shape index (κ3) is 8.38. The van der Waals surface area contributed by atoms with Crippen LogP contribution in [-0.2, 0) is 22.6 Å². The number of alkyl halides is 2. The SMILES string of the molecule is CCCN(Cc1ncc(-c2ccc(-c3ccc4c(ccc5[nH]c([C@@H]6CC(F)(F)CN6C(=O)[C@@H](c6ccccc6)N(CC)CC)nc54)c3)cc2)[nH]1)C(=O)Cc1ccccc1. The first-order chi connectivity index (χ1) is 28.6. The minimum absolute atomic E-state index is 0.0735. The molecule has 0 unspecified atom stereocenters. The molecule has 2 aromatic heterocycles. The van der Waals surface area contributed by atoms with E-state index in [0.717, 1.165) is 62.0 Å². The number of imidazole rings is 2. The summed E-state index contributed by atoms with van der Waals surface area (Å²) in [6, 6.07) is 36.0. The van der Waals surface area contributed by atoms with Crippen LogP contribution in [0.5, 0.6) is 0 Å². The molecule has 2 amide bonds. The molecule has 0 bridgehead atoms. The van der Waals surface area contributed by atoms with E-state index in [9.17, 15) is 9.59 Å². The van der Waals surface area contributed by atoms with Gasteiger partial charge in [0.15, 0.2) is 0 Å². The van der Waals surface area contributed by atoms with Gasteiger partial charge in [-0.05, 0) is 64.8 Å². The van der Waals surface area contributed by atoms with Gasteiger partial charge in [-0.15, -0.1) is 0 Å². The van der Waals surface area contributed by atoms with Crippen LogP contribution in [0.15, 0.2) is 121 Å². The van der Waals surface area contributed by atoms with Crippen molar-refractivity contribution in [1.29, 1.82) is 0 Å². The number of amides is 2. The Balaban J connectivity index is 1.00. The Kier molecular flexibility index (Phi) is 11.4. The highest BCUT2D eigenvalue weighted by molar-refractivity contribution is 6.05. The van der Waals surface area contributed by atoms with E-state index in [0.29, 0.717) is 43.9 Å². The lowest BCUT2D eigenvalue weighted by Crippen LogP contribution is -2.43. The molecule has 11 heteroatoms. The maximum absolute atomic E-state index is 15.3. The number of H-pyrrole nitrogens is 2. The lowest BCUT2D eigenvalue weighted by Gasteiger charge is -2.34. The van der Waals surface area contributed by atoms with E-state index in [1.807, 2.05) is 115 Å². The summed E-state index contributed by atoms with van der Waals surface area (Å²) >= 11 is 0. The molecule has 2 atom stereocenters. The number of nitrogens with one attached hydrogen (secondary N) is 2. The third-order valence-corrected chi connectivity index (χ3v) is 11.4. The minimum Gasteiger partial charge on any atom is -0.341 e. The fourth-order valence-electron chi connectivity index (χ4n) is 8.40. The van der Waals surface area contributed by atoms with Gasteiger partial charge in [0.25, 0.3) is 5.92 Å². The maximum Gasteiger partial charge on any atom is 0.267 e. The summed E-state index contributed by atoms with van der Waals surface area (Å²) in [4.78, 5) is 48.9. The predicted octanol–water partition coefficient (Wildman–Crippen LogP) is 9.75. The van der Waals surface area contributed by atoms with Crippen molar-refractivity contribution >= 4 is 33.6 Å². The molecule has 1 aliphatic rings. The van der Waals surface area contributed by atoms with Gasteiger partial charge in [-0.3, -0.25) is 14.5 Å². The average molecular weight is 794 g/mol. The molecule has 1 aliphatic heterocycles. The van der Waals surface area contributed by atoms with E-state index in [2.05, 4.69) is 52.2 Å². The summed E-state index contributed by atoms with van der Waals surface area (Å²) in [6.45, 7) is 7.63. The topological polar surface area (TPSA) is 101 Å². The zero-order valence-electron chi connectivity index (χ0n) is 33.7. The number of fused-ring (bicyclic) bond motifs is 3. The number of benzene rings is 5. The van der Waals surface area contributed by atoms with E-state index in [-0.39, 0.29) is 11.8 Å². The van der Waals surface area contributed by atoms with Gasteiger partial charge in [0, 0.05) is 18.4 Å². The highest BCUT2D eigenvalue weighted by Crippen LogP contribution is 2.43. The molecule has 1 saturated heterocycles. The number of likely N-dealkylation sites (N-methyl/N-ethyl adjacent to an activating group) is 1. The number of carbonyl (C=O) groups is 2. The summed E-state index contributed by atoms with van der Waals surface area (Å²) in [5.41, 5.74) is 7.09. The molecular weight excluding hydrogens is 745 g/mol. The van der Waals surface area contributed by atoms with E-state index >= 15 is 8.78 Å². The zero-order chi connectivity index (χ0) is 41.1. The first-order valence-electron chi connectivity index (χ1n) is 20.5. The van der Waals surface area contributed by atoms with Crippen molar-refractivity contribution in [3.63, 3.8) is 0 Å². The van der Waals surface area contributed by atoms with Crippen LogP contribution in [0.3, 0.4) is 0 Å². The van der Waals surface area contributed by atoms with Crippen LogP contribution in [0, 0.1) is 0 Å². The van der Waals surface area contributed by atoms with Gasteiger partial charge in [-0.1, -0.05) is 124 Å². The molecule has 7 aromatic rings. The van der Waals surface area contributed by atoms with Crippen LogP contribution < -0.4 is 0 Å². The van der Waals surface area contributed by atoms with Crippen LogP contribution in [0.1, 0.15) is 68.5 Å². The first-order valence-corrected chi connectivity index (χ1v) is 20.5. The molecule has 5 aromatic carbocycles. The van der Waals surface area contributed by atoms with Crippen molar-refractivity contribution < 1.29 is 18.4 Å². The smallest absolute Gasteiger partial charge is 0.267 e. The summed E-state index contributed by atoms with van der Waals surface area (Å²) in [5, 5.41) is 1.85. The van der Waals surface area contributed by atoms with Crippen LogP contribution in [-0.4, -0.2) is 78.6 Å². The molecule has 9 nitrogen and oxygen atoms in total. The van der Waals surface area contributed by atoms with Gasteiger partial charge in [0.2, 0.25) is 11.8 Å². The number of hydrogen-bond donors (Lipinski definition) is 2. The molecule has 59 heavy (non-hydrogen) atoms. The van der Waals surface area contributed by atoms with E-state index in [1.54, 1.807) is 0 Å². The van der Waals surface area contributed by atoms with Gasteiger partial charge in [0.05, 0.1) is 48.5 Å². The Morgan fingerprint density at radius 3 is 2.25 bits per heavy atom. The van der Waals surface area contributed by atoms with Crippen molar-refractivity contribution in [1.82, 2.24) is 34.6 Å². The van der Waals surface area contributed by atoms with Crippen LogP contribution in [0.2, 0.25) is 0 Å². The Bertz CT molecular complexity index is 2550. The van der Waals surface area contributed by atoms with E-state index in [1.165, 1.54) is 4.90 Å². The van der Waals surface area contributed by atoms with Crippen LogP contribution in [0.25, 0.3) is 44.2 Å². The Morgan fingerprint density at radius 2 is 1.54 bits per heavy atom. The Labute approximate surface area is 343 Å². The molecule has 1 fully saturated rings. The molecule has 0 saturated carbocycles. The normalized spacial score (nSPS) is 15.6. The minimum atomic E-state index is -3.05. The molecule has 3 heterocycles. The molecule has 0 aliphatic carbocycles. The highest BCUT2D eigenvalue weighted by atomic mass is 19.3.